The molecule has 3 heterocycles. The Morgan fingerprint density at radius 3 is 2.58 bits per heavy atom. The number of Topliss-reactive ketones (excluding diaryl/α,β-unsaturated/α-hetero) is 1. The Bertz CT molecular complexity index is 1380. The van der Waals surface area contributed by atoms with E-state index in [4.69, 9.17) is 13.9 Å². The van der Waals surface area contributed by atoms with Crippen molar-refractivity contribution in [2.75, 3.05) is 0 Å². The highest BCUT2D eigenvalue weighted by atomic mass is 16.5. The highest BCUT2D eigenvalue weighted by Gasteiger charge is 2.37. The number of carbonyl (C=O) groups is 3. The first-order valence-electron chi connectivity index (χ1n) is 13.1. The summed E-state index contributed by atoms with van der Waals surface area (Å²) >= 11 is 0. The molecule has 0 saturated carbocycles. The molecule has 2 atom stereocenters. The lowest BCUT2D eigenvalue weighted by atomic mass is 9.86. The Balaban J connectivity index is 1.57. The summed E-state index contributed by atoms with van der Waals surface area (Å²) in [5.74, 6) is -0.540. The second kappa shape index (κ2) is 11.1. The van der Waals surface area contributed by atoms with Gasteiger partial charge in [-0.25, -0.2) is 4.79 Å². The third-order valence-electron chi connectivity index (χ3n) is 7.01. The SMILES string of the molecule is C[C@H]1CCCC(=O)CCC/C=C/c2cc3c(c(O)c2C(=O)O1)[C@@H](c1ccc(-c2ccccc2)o1)CC(=O)O3. The van der Waals surface area contributed by atoms with E-state index in [1.165, 1.54) is 0 Å². The van der Waals surface area contributed by atoms with Crippen molar-refractivity contribution in [2.45, 2.75) is 63.9 Å². The number of allylic oxidation sites excluding steroid dienone is 1. The summed E-state index contributed by atoms with van der Waals surface area (Å²) < 4.78 is 17.3. The molecule has 1 aromatic heterocycles. The van der Waals surface area contributed by atoms with Crippen LogP contribution in [0, 0.1) is 0 Å². The fourth-order valence-corrected chi connectivity index (χ4v) is 5.06. The fraction of sp³-hybridized carbons (Fsp3) is 0.323. The first-order chi connectivity index (χ1) is 18.4. The van der Waals surface area contributed by atoms with Gasteiger partial charge in [0, 0.05) is 24.0 Å². The quantitative estimate of drug-likeness (QED) is 0.304. The van der Waals surface area contributed by atoms with Gasteiger partial charge in [0.1, 0.15) is 34.4 Å². The molecule has 196 valence electrons. The van der Waals surface area contributed by atoms with Crippen molar-refractivity contribution in [1.82, 2.24) is 0 Å². The predicted molar refractivity (Wildman–Crippen MR) is 141 cm³/mol. The standard InChI is InChI=1S/C31H30O7/c1-19-9-8-14-22(32)13-7-3-6-12-21-17-26-29(30(34)28(21)31(35)36-19)23(18-27(33)38-26)25-16-15-24(37-25)20-10-4-2-5-11-20/h2,4-6,10-12,15-17,19,23,34H,3,7-9,13-14,18H2,1H3/b12-6+/t19-,23+/m0/s1. The Labute approximate surface area is 221 Å². The summed E-state index contributed by atoms with van der Waals surface area (Å²) in [4.78, 5) is 38.0. The predicted octanol–water partition coefficient (Wildman–Crippen LogP) is 6.58. The molecule has 0 bridgehead atoms. The number of ether oxygens (including phenoxy) is 2. The minimum absolute atomic E-state index is 0.0257. The van der Waals surface area contributed by atoms with Gasteiger partial charge >= 0.3 is 11.9 Å². The van der Waals surface area contributed by atoms with Crippen molar-refractivity contribution < 1.29 is 33.4 Å². The van der Waals surface area contributed by atoms with E-state index in [1.807, 2.05) is 42.5 Å². The van der Waals surface area contributed by atoms with E-state index in [1.54, 1.807) is 25.1 Å². The van der Waals surface area contributed by atoms with Crippen molar-refractivity contribution >= 4 is 23.8 Å². The molecule has 7 nitrogen and oxygen atoms in total. The van der Waals surface area contributed by atoms with Crippen LogP contribution in [0.5, 0.6) is 11.5 Å². The van der Waals surface area contributed by atoms with Crippen LogP contribution in [0.2, 0.25) is 0 Å². The number of phenols is 1. The van der Waals surface area contributed by atoms with Gasteiger partial charge in [0.2, 0.25) is 0 Å². The van der Waals surface area contributed by atoms with Gasteiger partial charge in [-0.05, 0) is 56.4 Å². The molecule has 0 saturated heterocycles. The zero-order valence-electron chi connectivity index (χ0n) is 21.3. The lowest BCUT2D eigenvalue weighted by molar-refractivity contribution is -0.135. The first kappa shape index (κ1) is 25.5. The van der Waals surface area contributed by atoms with Crippen LogP contribution in [0.15, 0.2) is 59.0 Å². The zero-order chi connectivity index (χ0) is 26.6. The number of rotatable bonds is 2. The van der Waals surface area contributed by atoms with Gasteiger partial charge in [-0.1, -0.05) is 42.5 Å². The lowest BCUT2D eigenvalue weighted by Crippen LogP contribution is -2.23. The molecule has 2 aliphatic heterocycles. The monoisotopic (exact) mass is 514 g/mol. The van der Waals surface area contributed by atoms with E-state index in [2.05, 4.69) is 0 Å². The zero-order valence-corrected chi connectivity index (χ0v) is 21.3. The summed E-state index contributed by atoms with van der Waals surface area (Å²) in [6, 6.07) is 14.8. The number of phenolic OH excluding ortho intramolecular Hbond substituents is 1. The average Bonchev–Trinajstić information content (AvgIpc) is 3.38. The third-order valence-corrected chi connectivity index (χ3v) is 7.01. The molecule has 0 aliphatic carbocycles. The van der Waals surface area contributed by atoms with Crippen LogP contribution in [0.4, 0.5) is 0 Å². The van der Waals surface area contributed by atoms with Crippen LogP contribution in [0.1, 0.15) is 85.0 Å². The third kappa shape index (κ3) is 5.42. The highest BCUT2D eigenvalue weighted by Crippen LogP contribution is 2.47. The molecule has 38 heavy (non-hydrogen) atoms. The van der Waals surface area contributed by atoms with E-state index < -0.39 is 24.0 Å². The van der Waals surface area contributed by atoms with Crippen molar-refractivity contribution in [2.24, 2.45) is 0 Å². The number of ketones is 1. The molecule has 5 rings (SSSR count). The Hall–Kier alpha value is -4.13. The number of benzene rings is 2. The molecule has 0 spiro atoms. The second-order valence-corrected chi connectivity index (χ2v) is 9.84. The number of carbonyl (C=O) groups excluding carboxylic acids is 3. The summed E-state index contributed by atoms with van der Waals surface area (Å²) in [6.45, 7) is 1.78. The molecule has 3 aromatic rings. The smallest absolute Gasteiger partial charge is 0.342 e. The normalized spacial score (nSPS) is 21.4. The van der Waals surface area contributed by atoms with Gasteiger partial charge in [0.15, 0.2) is 0 Å². The summed E-state index contributed by atoms with van der Waals surface area (Å²) in [5.41, 5.74) is 1.62. The van der Waals surface area contributed by atoms with Gasteiger partial charge in [-0.2, -0.15) is 0 Å². The van der Waals surface area contributed by atoms with Crippen molar-refractivity contribution in [3.05, 3.63) is 77.1 Å². The maximum atomic E-state index is 13.3. The highest BCUT2D eigenvalue weighted by molar-refractivity contribution is 5.98. The maximum absolute atomic E-state index is 13.3. The Kier molecular flexibility index (Phi) is 7.45. The van der Waals surface area contributed by atoms with Gasteiger partial charge in [0.25, 0.3) is 0 Å². The number of fused-ring (bicyclic) bond motifs is 2. The molecular weight excluding hydrogens is 484 g/mol. The second-order valence-electron chi connectivity index (χ2n) is 9.84. The van der Waals surface area contributed by atoms with Crippen LogP contribution >= 0.6 is 0 Å². The summed E-state index contributed by atoms with van der Waals surface area (Å²) in [7, 11) is 0. The number of furan rings is 1. The Morgan fingerprint density at radius 2 is 1.76 bits per heavy atom. The van der Waals surface area contributed by atoms with E-state index in [0.717, 1.165) is 5.56 Å². The molecule has 0 unspecified atom stereocenters. The van der Waals surface area contributed by atoms with Crippen molar-refractivity contribution in [3.8, 4) is 22.8 Å². The molecule has 0 amide bonds. The minimum atomic E-state index is -0.666. The molecule has 7 heteroatoms. The number of cyclic esters (lactones) is 1. The van der Waals surface area contributed by atoms with E-state index >= 15 is 0 Å². The van der Waals surface area contributed by atoms with Gasteiger partial charge in [0.05, 0.1) is 18.4 Å². The van der Waals surface area contributed by atoms with Crippen LogP contribution in [0.25, 0.3) is 17.4 Å². The molecule has 2 aromatic carbocycles. The van der Waals surface area contributed by atoms with Crippen molar-refractivity contribution in [1.29, 1.82) is 0 Å². The molecule has 2 aliphatic rings. The number of aromatic hydroxyl groups is 1. The fourth-order valence-electron chi connectivity index (χ4n) is 5.06. The molecular formula is C31H30O7. The molecule has 0 fully saturated rings. The topological polar surface area (TPSA) is 103 Å². The lowest BCUT2D eigenvalue weighted by Gasteiger charge is -2.26. The van der Waals surface area contributed by atoms with Crippen molar-refractivity contribution in [3.63, 3.8) is 0 Å². The van der Waals surface area contributed by atoms with E-state index in [9.17, 15) is 19.5 Å². The first-order valence-corrected chi connectivity index (χ1v) is 13.1. The summed E-state index contributed by atoms with van der Waals surface area (Å²) in [6.07, 6.45) is 6.53. The van der Waals surface area contributed by atoms with E-state index in [0.29, 0.717) is 61.2 Å². The molecule has 1 N–H and O–H groups in total. The van der Waals surface area contributed by atoms with Crippen LogP contribution in [-0.2, 0) is 14.3 Å². The minimum Gasteiger partial charge on any atom is -0.507 e. The van der Waals surface area contributed by atoms with Gasteiger partial charge < -0.3 is 19.0 Å². The molecule has 0 radical (unpaired) electrons. The maximum Gasteiger partial charge on any atom is 0.342 e. The van der Waals surface area contributed by atoms with Crippen LogP contribution in [-0.4, -0.2) is 28.9 Å². The van der Waals surface area contributed by atoms with Crippen LogP contribution in [0.3, 0.4) is 0 Å². The number of hydrogen-bond acceptors (Lipinski definition) is 7. The number of esters is 2. The van der Waals surface area contributed by atoms with E-state index in [-0.39, 0.29) is 29.3 Å². The van der Waals surface area contributed by atoms with Crippen LogP contribution < -0.4 is 4.74 Å². The summed E-state index contributed by atoms with van der Waals surface area (Å²) in [5, 5.41) is 11.5. The van der Waals surface area contributed by atoms with Gasteiger partial charge in [-0.15, -0.1) is 0 Å². The largest absolute Gasteiger partial charge is 0.507 e. The average molecular weight is 515 g/mol. The van der Waals surface area contributed by atoms with Gasteiger partial charge in [-0.3, -0.25) is 9.59 Å². The Morgan fingerprint density at radius 1 is 0.974 bits per heavy atom. The number of hydrogen-bond donors (Lipinski definition) is 1.